The maximum atomic E-state index is 11.3. The fourth-order valence-electron chi connectivity index (χ4n) is 2.88. The summed E-state index contributed by atoms with van der Waals surface area (Å²) < 4.78 is 5.97. The van der Waals surface area contributed by atoms with E-state index in [1.54, 1.807) is 0 Å². The van der Waals surface area contributed by atoms with Crippen LogP contribution in [0.5, 0.6) is 0 Å². The first-order valence-electron chi connectivity index (χ1n) is 6.64. The van der Waals surface area contributed by atoms with Crippen LogP contribution in [0.2, 0.25) is 0 Å². The molecule has 2 rings (SSSR count). The van der Waals surface area contributed by atoms with Crippen LogP contribution < -0.4 is 4.90 Å². The Morgan fingerprint density at radius 2 is 1.95 bits per heavy atom. The second-order valence-electron chi connectivity index (χ2n) is 6.38. The summed E-state index contributed by atoms with van der Waals surface area (Å²) in [5, 5.41) is 20.4. The monoisotopic (exact) mass is 290 g/mol. The van der Waals surface area contributed by atoms with Crippen LogP contribution in [-0.2, 0) is 4.74 Å². The van der Waals surface area contributed by atoms with Crippen molar-refractivity contribution < 1.29 is 9.66 Å². The van der Waals surface area contributed by atoms with E-state index in [0.717, 1.165) is 0 Å². The number of ether oxygens (including phenoxy) is 1. The number of aromatic nitrogens is 1. The normalized spacial score (nSPS) is 19.9. The number of rotatable bonds is 2. The van der Waals surface area contributed by atoms with Crippen molar-refractivity contribution in [2.24, 2.45) is 0 Å². The Kier molecular flexibility index (Phi) is 3.59. The Balaban J connectivity index is 2.52. The van der Waals surface area contributed by atoms with E-state index in [2.05, 4.69) is 4.98 Å². The molecule has 0 unspecified atom stereocenters. The number of nitriles is 1. The van der Waals surface area contributed by atoms with Crippen LogP contribution in [0.4, 0.5) is 11.5 Å². The average Bonchev–Trinajstić information content (AvgIpc) is 2.33. The van der Waals surface area contributed by atoms with Crippen molar-refractivity contribution in [1.29, 1.82) is 5.26 Å². The predicted octanol–water partition coefficient (Wildman–Crippen LogP) is 2.26. The molecule has 1 aromatic heterocycles. The van der Waals surface area contributed by atoms with Crippen LogP contribution in [0.25, 0.3) is 0 Å². The molecule has 1 aromatic rings. The van der Waals surface area contributed by atoms with Gasteiger partial charge >= 0.3 is 5.69 Å². The maximum Gasteiger partial charge on any atom is 0.329 e. The summed E-state index contributed by atoms with van der Waals surface area (Å²) in [7, 11) is 0. The molecule has 1 aliphatic rings. The third kappa shape index (κ3) is 3.11. The number of pyridine rings is 1. The first-order chi connectivity index (χ1) is 9.65. The van der Waals surface area contributed by atoms with Gasteiger partial charge in [-0.1, -0.05) is 0 Å². The summed E-state index contributed by atoms with van der Waals surface area (Å²) in [6, 6.07) is 3.22. The molecule has 0 atom stereocenters. The molecule has 21 heavy (non-hydrogen) atoms. The number of morpholine rings is 1. The largest absolute Gasteiger partial charge is 0.366 e. The zero-order chi connectivity index (χ0) is 15.8. The van der Waals surface area contributed by atoms with Gasteiger partial charge < -0.3 is 9.64 Å². The Hall–Kier alpha value is -2.20. The van der Waals surface area contributed by atoms with Crippen molar-refractivity contribution in [2.75, 3.05) is 18.0 Å². The lowest BCUT2D eigenvalue weighted by Crippen LogP contribution is -2.57. The lowest BCUT2D eigenvalue weighted by Gasteiger charge is -2.47. The van der Waals surface area contributed by atoms with Crippen molar-refractivity contribution in [3.63, 3.8) is 0 Å². The molecule has 0 bridgehead atoms. The summed E-state index contributed by atoms with van der Waals surface area (Å²) in [4.78, 5) is 16.7. The SMILES string of the molecule is CC1(C)CN(c2nccc(C#N)c2[N+](=O)[O-])CC(C)(C)O1. The molecular weight excluding hydrogens is 272 g/mol. The van der Waals surface area contributed by atoms with Crippen LogP contribution >= 0.6 is 0 Å². The minimum absolute atomic E-state index is 0.0205. The minimum Gasteiger partial charge on any atom is -0.366 e. The molecule has 1 aliphatic heterocycles. The first-order valence-corrected chi connectivity index (χ1v) is 6.64. The molecule has 112 valence electrons. The molecule has 7 heteroatoms. The van der Waals surface area contributed by atoms with Crippen molar-refractivity contribution in [3.05, 3.63) is 27.9 Å². The van der Waals surface area contributed by atoms with Gasteiger partial charge in [0, 0.05) is 19.3 Å². The second kappa shape index (κ2) is 4.97. The van der Waals surface area contributed by atoms with E-state index in [1.807, 2.05) is 38.7 Å². The van der Waals surface area contributed by atoms with Gasteiger partial charge in [-0.3, -0.25) is 10.1 Å². The fourth-order valence-corrected chi connectivity index (χ4v) is 2.88. The van der Waals surface area contributed by atoms with Gasteiger partial charge in [0.1, 0.15) is 11.6 Å². The van der Waals surface area contributed by atoms with Crippen LogP contribution in [-0.4, -0.2) is 34.2 Å². The molecule has 7 nitrogen and oxygen atoms in total. The highest BCUT2D eigenvalue weighted by molar-refractivity contribution is 5.65. The Morgan fingerprint density at radius 3 is 2.43 bits per heavy atom. The van der Waals surface area contributed by atoms with E-state index in [-0.39, 0.29) is 17.1 Å². The minimum atomic E-state index is -0.545. The van der Waals surface area contributed by atoms with Gasteiger partial charge in [0.25, 0.3) is 0 Å². The van der Waals surface area contributed by atoms with E-state index in [0.29, 0.717) is 13.1 Å². The van der Waals surface area contributed by atoms with Gasteiger partial charge in [-0.05, 0) is 33.8 Å². The molecule has 0 saturated carbocycles. The summed E-state index contributed by atoms with van der Waals surface area (Å²) in [5.41, 5.74) is -1.14. The predicted molar refractivity (Wildman–Crippen MR) is 77.1 cm³/mol. The van der Waals surface area contributed by atoms with E-state index in [1.165, 1.54) is 12.3 Å². The number of hydrogen-bond donors (Lipinski definition) is 0. The zero-order valence-electron chi connectivity index (χ0n) is 12.6. The molecular formula is C14H18N4O3. The average molecular weight is 290 g/mol. The highest BCUT2D eigenvalue weighted by atomic mass is 16.6. The summed E-state index contributed by atoms with van der Waals surface area (Å²) in [6.07, 6.45) is 1.43. The molecule has 0 amide bonds. The Morgan fingerprint density at radius 1 is 1.38 bits per heavy atom. The summed E-state index contributed by atoms with van der Waals surface area (Å²) in [6.45, 7) is 8.67. The second-order valence-corrected chi connectivity index (χ2v) is 6.38. The quantitative estimate of drug-likeness (QED) is 0.612. The van der Waals surface area contributed by atoms with Crippen molar-refractivity contribution >= 4 is 11.5 Å². The van der Waals surface area contributed by atoms with E-state index < -0.39 is 16.1 Å². The molecule has 1 fully saturated rings. The van der Waals surface area contributed by atoms with Crippen molar-refractivity contribution in [1.82, 2.24) is 4.98 Å². The van der Waals surface area contributed by atoms with Crippen LogP contribution in [0, 0.1) is 21.4 Å². The summed E-state index contributed by atoms with van der Waals surface area (Å²) in [5.74, 6) is 0.225. The third-order valence-electron chi connectivity index (χ3n) is 3.20. The lowest BCUT2D eigenvalue weighted by atomic mass is 9.98. The van der Waals surface area contributed by atoms with Gasteiger partial charge in [-0.15, -0.1) is 0 Å². The van der Waals surface area contributed by atoms with Crippen LogP contribution in [0.15, 0.2) is 12.3 Å². The zero-order valence-corrected chi connectivity index (χ0v) is 12.6. The number of nitro groups is 1. The standard InChI is InChI=1S/C14H18N4O3/c1-13(2)8-17(9-14(3,4)21-13)12-11(18(19)20)10(7-15)5-6-16-12/h5-6H,8-9H2,1-4H3. The molecule has 0 N–H and O–H groups in total. The molecule has 2 heterocycles. The first kappa shape index (κ1) is 15.2. The Bertz CT molecular complexity index is 603. The highest BCUT2D eigenvalue weighted by Gasteiger charge is 2.41. The fraction of sp³-hybridized carbons (Fsp3) is 0.571. The van der Waals surface area contributed by atoms with E-state index in [9.17, 15) is 10.1 Å². The summed E-state index contributed by atoms with van der Waals surface area (Å²) >= 11 is 0. The van der Waals surface area contributed by atoms with E-state index in [4.69, 9.17) is 10.00 Å². The third-order valence-corrected chi connectivity index (χ3v) is 3.20. The number of hydrogen-bond acceptors (Lipinski definition) is 6. The topological polar surface area (TPSA) is 92.3 Å². The highest BCUT2D eigenvalue weighted by Crippen LogP contribution is 2.35. The molecule has 0 aliphatic carbocycles. The van der Waals surface area contributed by atoms with Gasteiger partial charge in [-0.2, -0.15) is 5.26 Å². The van der Waals surface area contributed by atoms with Crippen molar-refractivity contribution in [3.8, 4) is 6.07 Å². The lowest BCUT2D eigenvalue weighted by molar-refractivity contribution is -0.384. The van der Waals surface area contributed by atoms with Gasteiger partial charge in [0.2, 0.25) is 5.82 Å². The van der Waals surface area contributed by atoms with Crippen LogP contribution in [0.1, 0.15) is 33.3 Å². The molecule has 0 aromatic carbocycles. The number of anilines is 1. The van der Waals surface area contributed by atoms with Crippen molar-refractivity contribution in [2.45, 2.75) is 38.9 Å². The number of nitrogens with zero attached hydrogens (tertiary/aromatic N) is 4. The molecule has 0 radical (unpaired) electrons. The van der Waals surface area contributed by atoms with Gasteiger partial charge in [0.05, 0.1) is 16.1 Å². The molecule has 0 spiro atoms. The van der Waals surface area contributed by atoms with E-state index >= 15 is 0 Å². The smallest absolute Gasteiger partial charge is 0.329 e. The van der Waals surface area contributed by atoms with Gasteiger partial charge in [0.15, 0.2) is 0 Å². The molecule has 1 saturated heterocycles. The van der Waals surface area contributed by atoms with Crippen LogP contribution in [0.3, 0.4) is 0 Å². The van der Waals surface area contributed by atoms with Gasteiger partial charge in [-0.25, -0.2) is 4.98 Å². The Labute approximate surface area is 123 Å². The maximum absolute atomic E-state index is 11.3.